The molecule has 0 amide bonds. The lowest BCUT2D eigenvalue weighted by molar-refractivity contribution is -0.136. The number of carbonyl (C=O) groups excluding carboxylic acids is 1. The van der Waals surface area contributed by atoms with Gasteiger partial charge in [0.05, 0.1) is 19.8 Å². The van der Waals surface area contributed by atoms with Crippen LogP contribution in [-0.2, 0) is 9.53 Å². The van der Waals surface area contributed by atoms with Crippen molar-refractivity contribution >= 4 is 11.7 Å². The number of rotatable bonds is 3. The Kier molecular flexibility index (Phi) is 3.94. The quantitative estimate of drug-likeness (QED) is 0.483. The summed E-state index contributed by atoms with van der Waals surface area (Å²) >= 11 is 0. The summed E-state index contributed by atoms with van der Waals surface area (Å²) in [6, 6.07) is 6.74. The summed E-state index contributed by atoms with van der Waals surface area (Å²) in [7, 11) is 2.83. The number of hydrogen-bond donors (Lipinski definition) is 1. The molecular weight excluding hydrogens is 208 g/mol. The number of methoxy groups -OCH3 is 2. The van der Waals surface area contributed by atoms with Crippen molar-refractivity contribution in [2.24, 2.45) is 0 Å². The highest BCUT2D eigenvalue weighted by atomic mass is 16.5. The minimum Gasteiger partial charge on any atom is -0.507 e. The molecule has 0 heterocycles. The lowest BCUT2D eigenvalue weighted by atomic mass is 10.1. The van der Waals surface area contributed by atoms with Gasteiger partial charge in [0, 0.05) is 5.56 Å². The van der Waals surface area contributed by atoms with E-state index in [-0.39, 0.29) is 11.3 Å². The van der Waals surface area contributed by atoms with Gasteiger partial charge in [-0.1, -0.05) is 0 Å². The average molecular weight is 222 g/mol. The summed E-state index contributed by atoms with van der Waals surface area (Å²) in [5.74, 6) is 0.0510. The molecule has 1 aromatic carbocycles. The van der Waals surface area contributed by atoms with Gasteiger partial charge in [0.15, 0.2) is 0 Å². The van der Waals surface area contributed by atoms with Gasteiger partial charge in [-0.3, -0.25) is 0 Å². The molecule has 0 atom stereocenters. The predicted octanol–water partition coefficient (Wildman–Crippen LogP) is 2.16. The molecule has 0 bridgehead atoms. The number of benzene rings is 1. The SMILES string of the molecule is COC(=O)/C(C)=C(\O)c1ccc(OC)cc1. The van der Waals surface area contributed by atoms with Crippen molar-refractivity contribution in [2.45, 2.75) is 6.92 Å². The fourth-order valence-electron chi connectivity index (χ4n) is 1.22. The highest BCUT2D eigenvalue weighted by molar-refractivity contribution is 5.95. The molecule has 0 aliphatic carbocycles. The smallest absolute Gasteiger partial charge is 0.337 e. The molecule has 1 rings (SSSR count). The molecular formula is C12H14O4. The second kappa shape index (κ2) is 5.21. The summed E-state index contributed by atoms with van der Waals surface area (Å²) in [5.41, 5.74) is 0.719. The maximum Gasteiger partial charge on any atom is 0.337 e. The van der Waals surface area contributed by atoms with Crippen LogP contribution < -0.4 is 4.74 Å². The van der Waals surface area contributed by atoms with E-state index in [1.165, 1.54) is 14.0 Å². The molecule has 0 aliphatic rings. The van der Waals surface area contributed by atoms with Crippen LogP contribution in [0.15, 0.2) is 29.8 Å². The Morgan fingerprint density at radius 1 is 1.19 bits per heavy atom. The van der Waals surface area contributed by atoms with Gasteiger partial charge in [-0.05, 0) is 31.2 Å². The first-order valence-electron chi connectivity index (χ1n) is 4.72. The molecule has 0 saturated heterocycles. The van der Waals surface area contributed by atoms with E-state index in [1.807, 2.05) is 0 Å². The van der Waals surface area contributed by atoms with E-state index < -0.39 is 5.97 Å². The molecule has 4 heteroatoms. The molecule has 0 saturated carbocycles. The lowest BCUT2D eigenvalue weighted by Gasteiger charge is -2.05. The molecule has 1 aromatic rings. The Morgan fingerprint density at radius 3 is 2.19 bits per heavy atom. The third-order valence-corrected chi connectivity index (χ3v) is 2.21. The van der Waals surface area contributed by atoms with E-state index in [0.29, 0.717) is 11.3 Å². The molecule has 0 fully saturated rings. The van der Waals surface area contributed by atoms with Crippen LogP contribution in [0.1, 0.15) is 12.5 Å². The number of aliphatic hydroxyl groups excluding tert-OH is 1. The van der Waals surface area contributed by atoms with E-state index in [0.717, 1.165) is 0 Å². The zero-order valence-electron chi connectivity index (χ0n) is 9.48. The van der Waals surface area contributed by atoms with Gasteiger partial charge in [0.25, 0.3) is 0 Å². The van der Waals surface area contributed by atoms with Crippen LogP contribution in [-0.4, -0.2) is 25.3 Å². The molecule has 4 nitrogen and oxygen atoms in total. The average Bonchev–Trinajstić information content (AvgIpc) is 2.36. The van der Waals surface area contributed by atoms with Crippen LogP contribution in [0.4, 0.5) is 0 Å². The van der Waals surface area contributed by atoms with Gasteiger partial charge >= 0.3 is 5.97 Å². The summed E-state index contributed by atoms with van der Waals surface area (Å²) < 4.78 is 9.51. The van der Waals surface area contributed by atoms with Gasteiger partial charge in [-0.2, -0.15) is 0 Å². The number of hydrogen-bond acceptors (Lipinski definition) is 4. The Hall–Kier alpha value is -1.97. The number of esters is 1. The molecule has 86 valence electrons. The first kappa shape index (κ1) is 12.1. The van der Waals surface area contributed by atoms with Crippen LogP contribution in [0.5, 0.6) is 5.75 Å². The Morgan fingerprint density at radius 2 is 1.75 bits per heavy atom. The summed E-state index contributed by atoms with van der Waals surface area (Å²) in [5, 5.41) is 9.79. The van der Waals surface area contributed by atoms with Gasteiger partial charge < -0.3 is 14.6 Å². The highest BCUT2D eigenvalue weighted by Crippen LogP contribution is 2.19. The second-order valence-corrected chi connectivity index (χ2v) is 3.19. The van der Waals surface area contributed by atoms with Crippen molar-refractivity contribution < 1.29 is 19.4 Å². The van der Waals surface area contributed by atoms with Gasteiger partial charge in [-0.15, -0.1) is 0 Å². The third kappa shape index (κ3) is 2.53. The Labute approximate surface area is 94.1 Å². The number of ether oxygens (including phenoxy) is 2. The summed E-state index contributed by atoms with van der Waals surface area (Å²) in [6.07, 6.45) is 0. The van der Waals surface area contributed by atoms with Crippen molar-refractivity contribution in [3.05, 3.63) is 35.4 Å². The molecule has 0 aliphatic heterocycles. The Balaban J connectivity index is 3.03. The first-order chi connectivity index (χ1) is 7.60. The maximum absolute atomic E-state index is 11.2. The lowest BCUT2D eigenvalue weighted by Crippen LogP contribution is -2.04. The summed E-state index contributed by atoms with van der Waals surface area (Å²) in [4.78, 5) is 11.2. The molecule has 16 heavy (non-hydrogen) atoms. The van der Waals surface area contributed by atoms with Crippen LogP contribution in [0.25, 0.3) is 5.76 Å². The first-order valence-corrected chi connectivity index (χ1v) is 4.72. The molecule has 1 N–H and O–H groups in total. The highest BCUT2D eigenvalue weighted by Gasteiger charge is 2.11. The summed E-state index contributed by atoms with van der Waals surface area (Å²) in [6.45, 7) is 1.51. The largest absolute Gasteiger partial charge is 0.507 e. The van der Waals surface area contributed by atoms with E-state index >= 15 is 0 Å². The number of carbonyl (C=O) groups is 1. The van der Waals surface area contributed by atoms with Crippen LogP contribution in [0.2, 0.25) is 0 Å². The van der Waals surface area contributed by atoms with E-state index in [4.69, 9.17) is 4.74 Å². The van der Waals surface area contributed by atoms with Crippen molar-refractivity contribution in [2.75, 3.05) is 14.2 Å². The fourth-order valence-corrected chi connectivity index (χ4v) is 1.22. The standard InChI is InChI=1S/C12H14O4/c1-8(12(14)16-3)11(13)9-4-6-10(15-2)7-5-9/h4-7,13H,1-3H3/b11-8-. The minimum atomic E-state index is -0.548. The van der Waals surface area contributed by atoms with E-state index in [9.17, 15) is 9.90 Å². The topological polar surface area (TPSA) is 55.8 Å². The fraction of sp³-hybridized carbons (Fsp3) is 0.250. The molecule has 0 radical (unpaired) electrons. The van der Waals surface area contributed by atoms with Gasteiger partial charge in [0.2, 0.25) is 0 Å². The number of aliphatic hydroxyl groups is 1. The minimum absolute atomic E-state index is 0.0884. The molecule has 0 aromatic heterocycles. The van der Waals surface area contributed by atoms with Crippen molar-refractivity contribution in [3.63, 3.8) is 0 Å². The van der Waals surface area contributed by atoms with Crippen LogP contribution in [0.3, 0.4) is 0 Å². The second-order valence-electron chi connectivity index (χ2n) is 3.19. The predicted molar refractivity (Wildman–Crippen MR) is 60.2 cm³/mol. The van der Waals surface area contributed by atoms with Crippen molar-refractivity contribution in [1.82, 2.24) is 0 Å². The van der Waals surface area contributed by atoms with Crippen molar-refractivity contribution in [1.29, 1.82) is 0 Å². The van der Waals surface area contributed by atoms with Crippen LogP contribution in [0, 0.1) is 0 Å². The van der Waals surface area contributed by atoms with Gasteiger partial charge in [-0.25, -0.2) is 4.79 Å². The zero-order valence-corrected chi connectivity index (χ0v) is 9.48. The molecule has 0 unspecified atom stereocenters. The Bertz CT molecular complexity index is 404. The van der Waals surface area contributed by atoms with Crippen LogP contribution >= 0.6 is 0 Å². The van der Waals surface area contributed by atoms with E-state index in [2.05, 4.69) is 4.74 Å². The molecule has 0 spiro atoms. The van der Waals surface area contributed by atoms with Gasteiger partial charge in [0.1, 0.15) is 11.5 Å². The van der Waals surface area contributed by atoms with E-state index in [1.54, 1.807) is 31.4 Å². The monoisotopic (exact) mass is 222 g/mol. The normalized spacial score (nSPS) is 11.7. The zero-order chi connectivity index (χ0) is 12.1. The van der Waals surface area contributed by atoms with Crippen molar-refractivity contribution in [3.8, 4) is 5.75 Å². The maximum atomic E-state index is 11.2. The third-order valence-electron chi connectivity index (χ3n) is 2.21.